The van der Waals surface area contributed by atoms with Crippen molar-refractivity contribution in [1.82, 2.24) is 9.78 Å². The lowest BCUT2D eigenvalue weighted by atomic mass is 10.2. The SMILES string of the molecule is CCOCn1cc(NC(=O)c2ccc(COc3c(F)c(F)c(F)c(F)c3F)o2)cn1. The molecule has 2 aromatic heterocycles. The maximum absolute atomic E-state index is 13.6. The molecule has 30 heavy (non-hydrogen) atoms. The van der Waals surface area contributed by atoms with Gasteiger partial charge in [-0.15, -0.1) is 0 Å². The normalized spacial score (nSPS) is 11.0. The van der Waals surface area contributed by atoms with Crippen LogP contribution in [0.2, 0.25) is 0 Å². The molecule has 7 nitrogen and oxygen atoms in total. The minimum atomic E-state index is -2.29. The number of halogens is 5. The number of nitrogens with zero attached hydrogens (tertiary/aromatic N) is 2. The topological polar surface area (TPSA) is 78.5 Å². The molecule has 1 amide bonds. The highest BCUT2D eigenvalue weighted by Gasteiger charge is 2.27. The summed E-state index contributed by atoms with van der Waals surface area (Å²) in [6.07, 6.45) is 2.90. The molecular weight excluding hydrogens is 417 g/mol. The third-order valence-corrected chi connectivity index (χ3v) is 3.73. The molecule has 12 heteroatoms. The van der Waals surface area contributed by atoms with Crippen molar-refractivity contribution in [2.75, 3.05) is 11.9 Å². The van der Waals surface area contributed by atoms with Crippen molar-refractivity contribution in [2.24, 2.45) is 0 Å². The molecule has 3 rings (SSSR count). The fourth-order valence-corrected chi connectivity index (χ4v) is 2.31. The van der Waals surface area contributed by atoms with E-state index in [4.69, 9.17) is 9.15 Å². The Morgan fingerprint density at radius 2 is 1.77 bits per heavy atom. The number of benzene rings is 1. The molecule has 0 unspecified atom stereocenters. The van der Waals surface area contributed by atoms with E-state index in [1.807, 2.05) is 6.92 Å². The summed E-state index contributed by atoms with van der Waals surface area (Å²) in [6, 6.07) is 2.50. The number of rotatable bonds is 8. The molecule has 0 aliphatic carbocycles. The number of ether oxygens (including phenoxy) is 2. The first-order chi connectivity index (χ1) is 14.3. The lowest BCUT2D eigenvalue weighted by Crippen LogP contribution is -2.10. The number of furan rings is 1. The van der Waals surface area contributed by atoms with Gasteiger partial charge in [-0.25, -0.2) is 17.9 Å². The Labute approximate surface area is 166 Å². The van der Waals surface area contributed by atoms with Crippen molar-refractivity contribution in [3.8, 4) is 5.75 Å². The first-order valence-corrected chi connectivity index (χ1v) is 8.46. The summed E-state index contributed by atoms with van der Waals surface area (Å²) < 4.78 is 83.1. The zero-order chi connectivity index (χ0) is 21.8. The zero-order valence-corrected chi connectivity index (χ0v) is 15.3. The summed E-state index contributed by atoms with van der Waals surface area (Å²) in [4.78, 5) is 12.2. The van der Waals surface area contributed by atoms with E-state index in [1.54, 1.807) is 0 Å². The number of amides is 1. The third-order valence-electron chi connectivity index (χ3n) is 3.73. The summed E-state index contributed by atoms with van der Waals surface area (Å²) in [5, 5.41) is 6.48. The molecular formula is C18H14F5N3O4. The van der Waals surface area contributed by atoms with Crippen molar-refractivity contribution < 1.29 is 40.6 Å². The van der Waals surface area contributed by atoms with Crippen molar-refractivity contribution >= 4 is 11.6 Å². The Bertz CT molecular complexity index is 1040. The minimum Gasteiger partial charge on any atom is -0.479 e. The molecule has 1 N–H and O–H groups in total. The summed E-state index contributed by atoms with van der Waals surface area (Å²) in [7, 11) is 0. The molecule has 0 bridgehead atoms. The summed E-state index contributed by atoms with van der Waals surface area (Å²) in [6.45, 7) is 1.82. The highest BCUT2D eigenvalue weighted by molar-refractivity contribution is 6.02. The van der Waals surface area contributed by atoms with Crippen LogP contribution in [0.15, 0.2) is 28.9 Å². The summed E-state index contributed by atoms with van der Waals surface area (Å²) in [5.41, 5.74) is 0.357. The second-order valence-electron chi connectivity index (χ2n) is 5.80. The van der Waals surface area contributed by atoms with E-state index in [9.17, 15) is 26.7 Å². The smallest absolute Gasteiger partial charge is 0.291 e. The number of nitrogens with one attached hydrogen (secondary N) is 1. The zero-order valence-electron chi connectivity index (χ0n) is 15.3. The van der Waals surface area contributed by atoms with Crippen LogP contribution in [0.1, 0.15) is 23.2 Å². The second kappa shape index (κ2) is 8.95. The molecule has 3 aromatic rings. The van der Waals surface area contributed by atoms with Gasteiger partial charge in [0.2, 0.25) is 29.1 Å². The number of hydrogen-bond donors (Lipinski definition) is 1. The minimum absolute atomic E-state index is 0.0869. The average molecular weight is 431 g/mol. The van der Waals surface area contributed by atoms with Crippen LogP contribution in [0.5, 0.6) is 5.75 Å². The standard InChI is InChI=1S/C18H14F5N3O4/c1-2-28-8-26-6-9(5-24-26)25-18(27)11-4-3-10(30-11)7-29-17-15(22)13(20)12(19)14(21)16(17)23/h3-6H,2,7-8H2,1H3,(H,25,27). The highest BCUT2D eigenvalue weighted by atomic mass is 19.2. The number of carbonyl (C=O) groups is 1. The Hall–Kier alpha value is -3.41. The fourth-order valence-electron chi connectivity index (χ4n) is 2.31. The van der Waals surface area contributed by atoms with E-state index in [2.05, 4.69) is 15.2 Å². The maximum Gasteiger partial charge on any atom is 0.291 e. The highest BCUT2D eigenvalue weighted by Crippen LogP contribution is 2.29. The molecule has 1 aromatic carbocycles. The van der Waals surface area contributed by atoms with Crippen LogP contribution >= 0.6 is 0 Å². The Morgan fingerprint density at radius 3 is 2.43 bits per heavy atom. The summed E-state index contributed by atoms with van der Waals surface area (Å²) >= 11 is 0. The van der Waals surface area contributed by atoms with E-state index in [0.717, 1.165) is 0 Å². The number of carbonyl (C=O) groups excluding carboxylic acids is 1. The molecule has 0 spiro atoms. The number of anilines is 1. The Balaban J connectivity index is 1.64. The molecule has 0 atom stereocenters. The fraction of sp³-hybridized carbons (Fsp3) is 0.222. The molecule has 0 saturated carbocycles. The monoisotopic (exact) mass is 431 g/mol. The molecule has 0 aliphatic rings. The van der Waals surface area contributed by atoms with E-state index in [1.165, 1.54) is 29.2 Å². The van der Waals surface area contributed by atoms with E-state index < -0.39 is 47.3 Å². The molecule has 0 saturated heterocycles. The van der Waals surface area contributed by atoms with Crippen molar-refractivity contribution in [3.63, 3.8) is 0 Å². The van der Waals surface area contributed by atoms with Gasteiger partial charge >= 0.3 is 0 Å². The first-order valence-electron chi connectivity index (χ1n) is 8.46. The first kappa shape index (κ1) is 21.3. The van der Waals surface area contributed by atoms with Gasteiger partial charge in [0.25, 0.3) is 5.91 Å². The van der Waals surface area contributed by atoms with Crippen LogP contribution in [0.3, 0.4) is 0 Å². The molecule has 160 valence electrons. The van der Waals surface area contributed by atoms with Crippen LogP contribution in [0.4, 0.5) is 27.6 Å². The van der Waals surface area contributed by atoms with Crippen LogP contribution in [0, 0.1) is 29.1 Å². The van der Waals surface area contributed by atoms with Gasteiger partial charge < -0.3 is 19.2 Å². The predicted octanol–water partition coefficient (Wildman–Crippen LogP) is 4.00. The van der Waals surface area contributed by atoms with E-state index >= 15 is 0 Å². The van der Waals surface area contributed by atoms with E-state index in [-0.39, 0.29) is 18.3 Å². The predicted molar refractivity (Wildman–Crippen MR) is 91.1 cm³/mol. The third kappa shape index (κ3) is 4.43. The van der Waals surface area contributed by atoms with Crippen LogP contribution in [0.25, 0.3) is 0 Å². The van der Waals surface area contributed by atoms with Crippen LogP contribution < -0.4 is 10.1 Å². The van der Waals surface area contributed by atoms with Gasteiger partial charge in [-0.1, -0.05) is 0 Å². The lowest BCUT2D eigenvalue weighted by molar-refractivity contribution is 0.0792. The largest absolute Gasteiger partial charge is 0.479 e. The van der Waals surface area contributed by atoms with Gasteiger partial charge in [0.1, 0.15) is 19.1 Å². The maximum atomic E-state index is 13.6. The lowest BCUT2D eigenvalue weighted by Gasteiger charge is -2.09. The van der Waals surface area contributed by atoms with Crippen LogP contribution in [-0.2, 0) is 18.1 Å². The Kier molecular flexibility index (Phi) is 6.35. The molecule has 2 heterocycles. The Morgan fingerprint density at radius 1 is 1.10 bits per heavy atom. The summed E-state index contributed by atoms with van der Waals surface area (Å²) in [5.74, 6) is -13.1. The van der Waals surface area contributed by atoms with E-state index in [0.29, 0.717) is 12.3 Å². The van der Waals surface area contributed by atoms with Crippen molar-refractivity contribution in [2.45, 2.75) is 20.3 Å². The number of hydrogen-bond acceptors (Lipinski definition) is 5. The van der Waals surface area contributed by atoms with Crippen LogP contribution in [-0.4, -0.2) is 22.3 Å². The van der Waals surface area contributed by atoms with Gasteiger partial charge in [0.15, 0.2) is 11.5 Å². The van der Waals surface area contributed by atoms with Crippen molar-refractivity contribution in [3.05, 3.63) is 65.1 Å². The van der Waals surface area contributed by atoms with Crippen molar-refractivity contribution in [1.29, 1.82) is 0 Å². The molecule has 0 fully saturated rings. The average Bonchev–Trinajstić information content (AvgIpc) is 3.39. The van der Waals surface area contributed by atoms with Gasteiger partial charge in [-0.05, 0) is 19.1 Å². The molecule has 0 aliphatic heterocycles. The van der Waals surface area contributed by atoms with Gasteiger partial charge in [-0.3, -0.25) is 4.79 Å². The molecule has 0 radical (unpaired) electrons. The van der Waals surface area contributed by atoms with Gasteiger partial charge in [0.05, 0.1) is 18.1 Å². The van der Waals surface area contributed by atoms with Gasteiger partial charge in [-0.2, -0.15) is 13.9 Å². The van der Waals surface area contributed by atoms with Gasteiger partial charge in [0, 0.05) is 6.61 Å². The quantitative estimate of drug-likeness (QED) is 0.332. The second-order valence-corrected chi connectivity index (χ2v) is 5.80. The number of aromatic nitrogens is 2.